The Bertz CT molecular complexity index is 798. The van der Waals surface area contributed by atoms with E-state index in [1.54, 1.807) is 6.07 Å². The standard InChI is InChI=1S/C15H20FN5O2S/c1-3-17-15-20-11(2)10-14(21-15)18-8-9-19-24(22,23)13-7-5-4-6-12(13)16/h4-7,10,19H,3,8-9H2,1-2H3,(H2,17,18,20,21). The highest BCUT2D eigenvalue weighted by Gasteiger charge is 2.17. The summed E-state index contributed by atoms with van der Waals surface area (Å²) >= 11 is 0. The van der Waals surface area contributed by atoms with Crippen LogP contribution in [0, 0.1) is 12.7 Å². The average molecular weight is 353 g/mol. The first-order valence-electron chi connectivity index (χ1n) is 7.50. The second kappa shape index (κ2) is 8.02. The van der Waals surface area contributed by atoms with Gasteiger partial charge in [0.1, 0.15) is 16.5 Å². The molecular weight excluding hydrogens is 333 g/mol. The van der Waals surface area contributed by atoms with Crippen LogP contribution in [0.4, 0.5) is 16.2 Å². The van der Waals surface area contributed by atoms with Crippen LogP contribution in [0.5, 0.6) is 0 Å². The van der Waals surface area contributed by atoms with E-state index in [1.807, 2.05) is 13.8 Å². The van der Waals surface area contributed by atoms with Crippen LogP contribution in [0.3, 0.4) is 0 Å². The number of benzene rings is 1. The molecule has 0 unspecified atom stereocenters. The number of nitrogens with zero attached hydrogens (tertiary/aromatic N) is 2. The molecule has 2 aromatic rings. The minimum atomic E-state index is -3.88. The number of halogens is 1. The van der Waals surface area contributed by atoms with Crippen molar-refractivity contribution in [2.45, 2.75) is 18.7 Å². The normalized spacial score (nSPS) is 11.3. The van der Waals surface area contributed by atoms with Crippen LogP contribution in [-0.4, -0.2) is 38.0 Å². The van der Waals surface area contributed by atoms with Crippen molar-refractivity contribution >= 4 is 21.8 Å². The molecule has 0 spiro atoms. The molecule has 0 saturated heterocycles. The lowest BCUT2D eigenvalue weighted by atomic mass is 10.4. The first-order valence-corrected chi connectivity index (χ1v) is 8.98. The van der Waals surface area contributed by atoms with Crippen molar-refractivity contribution in [3.05, 3.63) is 41.8 Å². The van der Waals surface area contributed by atoms with Crippen LogP contribution in [0.25, 0.3) is 0 Å². The minimum Gasteiger partial charge on any atom is -0.369 e. The number of anilines is 2. The summed E-state index contributed by atoms with van der Waals surface area (Å²) < 4.78 is 40.0. The van der Waals surface area contributed by atoms with Crippen LogP contribution < -0.4 is 15.4 Å². The summed E-state index contributed by atoms with van der Waals surface area (Å²) in [6.07, 6.45) is 0. The van der Waals surface area contributed by atoms with Crippen molar-refractivity contribution < 1.29 is 12.8 Å². The highest BCUT2D eigenvalue weighted by atomic mass is 32.2. The predicted octanol–water partition coefficient (Wildman–Crippen LogP) is 1.75. The van der Waals surface area contributed by atoms with Crippen LogP contribution in [-0.2, 0) is 10.0 Å². The summed E-state index contributed by atoms with van der Waals surface area (Å²) in [5.41, 5.74) is 0.787. The SMILES string of the molecule is CCNc1nc(C)cc(NCCNS(=O)(=O)c2ccccc2F)n1. The van der Waals surface area contributed by atoms with Gasteiger partial charge in [0.15, 0.2) is 0 Å². The molecule has 0 radical (unpaired) electrons. The van der Waals surface area contributed by atoms with E-state index in [0.717, 1.165) is 11.8 Å². The first kappa shape index (κ1) is 18.1. The van der Waals surface area contributed by atoms with Crippen molar-refractivity contribution in [2.75, 3.05) is 30.3 Å². The Labute approximate surface area is 140 Å². The van der Waals surface area contributed by atoms with Gasteiger partial charge in [-0.2, -0.15) is 4.98 Å². The molecule has 0 saturated carbocycles. The quantitative estimate of drug-likeness (QED) is 0.626. The molecule has 1 aromatic carbocycles. The van der Waals surface area contributed by atoms with E-state index in [-0.39, 0.29) is 11.4 Å². The van der Waals surface area contributed by atoms with E-state index in [1.165, 1.54) is 18.2 Å². The van der Waals surface area contributed by atoms with Crippen LogP contribution >= 0.6 is 0 Å². The van der Waals surface area contributed by atoms with Gasteiger partial charge in [0, 0.05) is 31.4 Å². The van der Waals surface area contributed by atoms with Crippen LogP contribution in [0.1, 0.15) is 12.6 Å². The molecule has 2 rings (SSSR count). The number of rotatable bonds is 8. The molecule has 1 heterocycles. The summed E-state index contributed by atoms with van der Waals surface area (Å²) in [7, 11) is -3.88. The summed E-state index contributed by atoms with van der Waals surface area (Å²) in [5.74, 6) is 0.315. The summed E-state index contributed by atoms with van der Waals surface area (Å²) in [6, 6.07) is 7.00. The number of aryl methyl sites for hydroxylation is 1. The zero-order valence-corrected chi connectivity index (χ0v) is 14.3. The maximum Gasteiger partial charge on any atom is 0.243 e. The van der Waals surface area contributed by atoms with Gasteiger partial charge in [-0.25, -0.2) is 22.5 Å². The van der Waals surface area contributed by atoms with Gasteiger partial charge in [-0.15, -0.1) is 0 Å². The largest absolute Gasteiger partial charge is 0.369 e. The topological polar surface area (TPSA) is 96.0 Å². The number of sulfonamides is 1. The number of aromatic nitrogens is 2. The molecule has 1 aromatic heterocycles. The van der Waals surface area contributed by atoms with Crippen LogP contribution in [0.2, 0.25) is 0 Å². The summed E-state index contributed by atoms with van der Waals surface area (Å²) in [5, 5.41) is 6.03. The second-order valence-electron chi connectivity index (χ2n) is 5.00. The number of nitrogens with one attached hydrogen (secondary N) is 3. The Hall–Kier alpha value is -2.26. The van der Waals surface area contributed by atoms with Gasteiger partial charge in [-0.3, -0.25) is 0 Å². The fourth-order valence-electron chi connectivity index (χ4n) is 2.01. The van der Waals surface area contributed by atoms with Crippen molar-refractivity contribution in [3.8, 4) is 0 Å². The maximum atomic E-state index is 13.6. The predicted molar refractivity (Wildman–Crippen MR) is 91.0 cm³/mol. The van der Waals surface area contributed by atoms with E-state index < -0.39 is 15.8 Å². The lowest BCUT2D eigenvalue weighted by molar-refractivity contribution is 0.558. The summed E-state index contributed by atoms with van der Waals surface area (Å²) in [4.78, 5) is 8.12. The van der Waals surface area contributed by atoms with Gasteiger partial charge in [-0.1, -0.05) is 12.1 Å². The molecule has 9 heteroatoms. The van der Waals surface area contributed by atoms with Gasteiger partial charge < -0.3 is 10.6 Å². The minimum absolute atomic E-state index is 0.0935. The Balaban J connectivity index is 1.92. The van der Waals surface area contributed by atoms with E-state index in [2.05, 4.69) is 25.3 Å². The second-order valence-corrected chi connectivity index (χ2v) is 6.74. The zero-order valence-electron chi connectivity index (χ0n) is 13.5. The molecule has 3 N–H and O–H groups in total. The van der Waals surface area contributed by atoms with E-state index in [9.17, 15) is 12.8 Å². The molecule has 0 atom stereocenters. The van der Waals surface area contributed by atoms with Crippen LogP contribution in [0.15, 0.2) is 35.2 Å². The molecule has 0 aliphatic heterocycles. The molecule has 24 heavy (non-hydrogen) atoms. The van der Waals surface area contributed by atoms with E-state index in [4.69, 9.17) is 0 Å². The Morgan fingerprint density at radius 1 is 1.12 bits per heavy atom. The maximum absolute atomic E-state index is 13.6. The fourth-order valence-corrected chi connectivity index (χ4v) is 3.12. The monoisotopic (exact) mass is 353 g/mol. The molecular formula is C15H20FN5O2S. The molecule has 0 aliphatic rings. The average Bonchev–Trinajstić information content (AvgIpc) is 2.52. The molecule has 130 valence electrons. The fraction of sp³-hybridized carbons (Fsp3) is 0.333. The third-order valence-corrected chi connectivity index (χ3v) is 4.53. The lowest BCUT2D eigenvalue weighted by Crippen LogP contribution is -2.29. The highest BCUT2D eigenvalue weighted by Crippen LogP contribution is 2.13. The third kappa shape index (κ3) is 4.87. The highest BCUT2D eigenvalue weighted by molar-refractivity contribution is 7.89. The number of hydrogen-bond donors (Lipinski definition) is 3. The smallest absolute Gasteiger partial charge is 0.243 e. The summed E-state index contributed by atoms with van der Waals surface area (Å²) in [6.45, 7) is 4.88. The van der Waals surface area contributed by atoms with Gasteiger partial charge in [0.05, 0.1) is 0 Å². The van der Waals surface area contributed by atoms with Gasteiger partial charge >= 0.3 is 0 Å². The Morgan fingerprint density at radius 3 is 2.58 bits per heavy atom. The molecule has 7 nitrogen and oxygen atoms in total. The Morgan fingerprint density at radius 2 is 1.88 bits per heavy atom. The van der Waals surface area contributed by atoms with Crippen molar-refractivity contribution in [1.29, 1.82) is 0 Å². The van der Waals surface area contributed by atoms with E-state index >= 15 is 0 Å². The van der Waals surface area contributed by atoms with Gasteiger partial charge in [0.2, 0.25) is 16.0 Å². The molecule has 0 fully saturated rings. The van der Waals surface area contributed by atoms with Crippen molar-refractivity contribution in [3.63, 3.8) is 0 Å². The van der Waals surface area contributed by atoms with E-state index in [0.29, 0.717) is 24.9 Å². The van der Waals surface area contributed by atoms with Gasteiger partial charge in [-0.05, 0) is 26.0 Å². The van der Waals surface area contributed by atoms with Crippen molar-refractivity contribution in [1.82, 2.24) is 14.7 Å². The molecule has 0 amide bonds. The number of hydrogen-bond acceptors (Lipinski definition) is 6. The Kier molecular flexibility index (Phi) is 6.04. The first-order chi connectivity index (χ1) is 11.4. The lowest BCUT2D eigenvalue weighted by Gasteiger charge is -2.10. The molecule has 0 aliphatic carbocycles. The third-order valence-electron chi connectivity index (χ3n) is 3.04. The zero-order chi connectivity index (χ0) is 17.6. The van der Waals surface area contributed by atoms with Gasteiger partial charge in [0.25, 0.3) is 0 Å². The molecule has 0 bridgehead atoms. The van der Waals surface area contributed by atoms with Crippen molar-refractivity contribution in [2.24, 2.45) is 0 Å².